The van der Waals surface area contributed by atoms with E-state index in [-0.39, 0.29) is 17.9 Å². The van der Waals surface area contributed by atoms with Gasteiger partial charge in [0.15, 0.2) is 11.5 Å². The molecule has 1 amide bonds. The fraction of sp³-hybridized carbons (Fsp3) is 0.600. The number of rotatable bonds is 5. The van der Waals surface area contributed by atoms with E-state index in [0.717, 1.165) is 48.5 Å². The number of hydrogen-bond acceptors (Lipinski definition) is 4. The lowest BCUT2D eigenvalue weighted by Gasteiger charge is -2.37. The number of benzene rings is 1. The van der Waals surface area contributed by atoms with Crippen LogP contribution in [-0.4, -0.2) is 34.4 Å². The molecular formula is C20H29N3O2. The van der Waals surface area contributed by atoms with Crippen molar-refractivity contribution < 1.29 is 9.21 Å². The molecule has 25 heavy (non-hydrogen) atoms. The van der Waals surface area contributed by atoms with Crippen molar-refractivity contribution in [2.45, 2.75) is 71.4 Å². The normalized spacial score (nSPS) is 19.4. The van der Waals surface area contributed by atoms with Gasteiger partial charge in [0, 0.05) is 24.2 Å². The second-order valence-electron chi connectivity index (χ2n) is 7.34. The van der Waals surface area contributed by atoms with Crippen molar-refractivity contribution in [3.8, 4) is 0 Å². The standard InChI is InChI=1S/C20H29N3O2/c1-5-16-8-6-7-11-23(16)20(24)14(4)21-15-9-10-18-17(12-15)22-19(25-18)13(2)3/h9-10,12-14,16,21H,5-8,11H2,1-4H3. The predicted molar refractivity (Wildman–Crippen MR) is 101 cm³/mol. The predicted octanol–water partition coefficient (Wildman–Crippen LogP) is 4.54. The average molecular weight is 343 g/mol. The van der Waals surface area contributed by atoms with Gasteiger partial charge in [-0.3, -0.25) is 4.79 Å². The lowest BCUT2D eigenvalue weighted by Crippen LogP contribution is -2.49. The quantitative estimate of drug-likeness (QED) is 0.866. The molecule has 2 atom stereocenters. The smallest absolute Gasteiger partial charge is 0.245 e. The molecule has 0 aliphatic carbocycles. The zero-order chi connectivity index (χ0) is 18.0. The maximum Gasteiger partial charge on any atom is 0.245 e. The minimum absolute atomic E-state index is 0.190. The molecule has 1 aliphatic rings. The van der Waals surface area contributed by atoms with E-state index in [1.165, 1.54) is 6.42 Å². The minimum Gasteiger partial charge on any atom is -0.440 e. The molecule has 0 saturated carbocycles. The minimum atomic E-state index is -0.249. The highest BCUT2D eigenvalue weighted by Crippen LogP contribution is 2.25. The topological polar surface area (TPSA) is 58.4 Å². The Morgan fingerprint density at radius 3 is 2.88 bits per heavy atom. The molecule has 5 nitrogen and oxygen atoms in total. The van der Waals surface area contributed by atoms with Crippen LogP contribution in [-0.2, 0) is 4.79 Å². The third-order valence-electron chi connectivity index (χ3n) is 5.03. The van der Waals surface area contributed by atoms with Crippen molar-refractivity contribution in [3.63, 3.8) is 0 Å². The molecule has 136 valence electrons. The fourth-order valence-corrected chi connectivity index (χ4v) is 3.56. The second kappa shape index (κ2) is 7.46. The van der Waals surface area contributed by atoms with Crippen molar-refractivity contribution in [1.82, 2.24) is 9.88 Å². The number of nitrogens with one attached hydrogen (secondary N) is 1. The van der Waals surface area contributed by atoms with Gasteiger partial charge in [0.25, 0.3) is 0 Å². The van der Waals surface area contributed by atoms with Crippen LogP contribution in [0.5, 0.6) is 0 Å². The zero-order valence-electron chi connectivity index (χ0n) is 15.7. The van der Waals surface area contributed by atoms with Gasteiger partial charge in [-0.15, -0.1) is 0 Å². The first kappa shape index (κ1) is 17.8. The van der Waals surface area contributed by atoms with Crippen LogP contribution in [0.1, 0.15) is 65.2 Å². The summed E-state index contributed by atoms with van der Waals surface area (Å²) >= 11 is 0. The van der Waals surface area contributed by atoms with E-state index in [9.17, 15) is 4.79 Å². The number of hydrogen-bond donors (Lipinski definition) is 1. The number of anilines is 1. The van der Waals surface area contributed by atoms with Gasteiger partial charge < -0.3 is 14.6 Å². The molecule has 5 heteroatoms. The van der Waals surface area contributed by atoms with E-state index in [4.69, 9.17) is 4.42 Å². The van der Waals surface area contributed by atoms with Gasteiger partial charge >= 0.3 is 0 Å². The monoisotopic (exact) mass is 343 g/mol. The van der Waals surface area contributed by atoms with Crippen LogP contribution in [0, 0.1) is 0 Å². The molecule has 1 N–H and O–H groups in total. The van der Waals surface area contributed by atoms with Crippen LogP contribution in [0.4, 0.5) is 5.69 Å². The molecule has 1 aromatic carbocycles. The molecule has 0 spiro atoms. The molecule has 3 rings (SSSR count). The summed E-state index contributed by atoms with van der Waals surface area (Å²) in [6, 6.07) is 5.97. The number of piperidine rings is 1. The second-order valence-corrected chi connectivity index (χ2v) is 7.34. The number of nitrogens with zero attached hydrogens (tertiary/aromatic N) is 2. The van der Waals surface area contributed by atoms with Crippen LogP contribution >= 0.6 is 0 Å². The summed E-state index contributed by atoms with van der Waals surface area (Å²) in [6.45, 7) is 9.11. The van der Waals surface area contributed by atoms with Crippen LogP contribution in [0.2, 0.25) is 0 Å². The highest BCUT2D eigenvalue weighted by atomic mass is 16.3. The summed E-state index contributed by atoms with van der Waals surface area (Å²) in [5.41, 5.74) is 2.52. The van der Waals surface area contributed by atoms with Crippen molar-refractivity contribution in [2.24, 2.45) is 0 Å². The van der Waals surface area contributed by atoms with Crippen LogP contribution < -0.4 is 5.32 Å². The fourth-order valence-electron chi connectivity index (χ4n) is 3.56. The lowest BCUT2D eigenvalue weighted by molar-refractivity contribution is -0.135. The van der Waals surface area contributed by atoms with E-state index in [1.54, 1.807) is 0 Å². The lowest BCUT2D eigenvalue weighted by atomic mass is 9.99. The van der Waals surface area contributed by atoms with Gasteiger partial charge in [0.2, 0.25) is 5.91 Å². The molecule has 1 fully saturated rings. The largest absolute Gasteiger partial charge is 0.440 e. The average Bonchev–Trinajstić information content (AvgIpc) is 3.04. The van der Waals surface area contributed by atoms with Gasteiger partial charge in [0.1, 0.15) is 11.6 Å². The third kappa shape index (κ3) is 3.80. The Kier molecular flexibility index (Phi) is 5.30. The summed E-state index contributed by atoms with van der Waals surface area (Å²) in [4.78, 5) is 19.5. The Morgan fingerprint density at radius 1 is 1.36 bits per heavy atom. The summed E-state index contributed by atoms with van der Waals surface area (Å²) in [5.74, 6) is 1.19. The van der Waals surface area contributed by atoms with E-state index >= 15 is 0 Å². The molecule has 1 aliphatic heterocycles. The molecule has 2 aromatic rings. The number of carbonyl (C=O) groups excluding carboxylic acids is 1. The Bertz CT molecular complexity index is 738. The van der Waals surface area contributed by atoms with Crippen molar-refractivity contribution in [1.29, 1.82) is 0 Å². The maximum atomic E-state index is 12.9. The first-order valence-corrected chi connectivity index (χ1v) is 9.47. The van der Waals surface area contributed by atoms with E-state index in [1.807, 2.05) is 25.1 Å². The van der Waals surface area contributed by atoms with Gasteiger partial charge in [-0.1, -0.05) is 20.8 Å². The van der Waals surface area contributed by atoms with Crippen molar-refractivity contribution in [3.05, 3.63) is 24.1 Å². The number of aromatic nitrogens is 1. The number of oxazole rings is 1. The summed E-state index contributed by atoms with van der Waals surface area (Å²) in [5, 5.41) is 3.34. The van der Waals surface area contributed by atoms with Crippen molar-refractivity contribution in [2.75, 3.05) is 11.9 Å². The first-order valence-electron chi connectivity index (χ1n) is 9.47. The van der Waals surface area contributed by atoms with Crippen LogP contribution in [0.15, 0.2) is 22.6 Å². The summed E-state index contributed by atoms with van der Waals surface area (Å²) in [6.07, 6.45) is 4.49. The Hall–Kier alpha value is -2.04. The molecule has 2 unspecified atom stereocenters. The number of likely N-dealkylation sites (tertiary alicyclic amines) is 1. The molecule has 2 heterocycles. The van der Waals surface area contributed by atoms with Crippen LogP contribution in [0.25, 0.3) is 11.1 Å². The van der Waals surface area contributed by atoms with Crippen molar-refractivity contribution >= 4 is 22.7 Å². The third-order valence-corrected chi connectivity index (χ3v) is 5.03. The summed E-state index contributed by atoms with van der Waals surface area (Å²) < 4.78 is 5.75. The van der Waals surface area contributed by atoms with Gasteiger partial charge in [-0.25, -0.2) is 4.98 Å². The van der Waals surface area contributed by atoms with E-state index < -0.39 is 0 Å². The van der Waals surface area contributed by atoms with Gasteiger partial charge in [0.05, 0.1) is 0 Å². The Morgan fingerprint density at radius 2 is 2.16 bits per heavy atom. The van der Waals surface area contributed by atoms with E-state index in [0.29, 0.717) is 6.04 Å². The SMILES string of the molecule is CCC1CCCCN1C(=O)C(C)Nc1ccc2oc(C(C)C)nc2c1. The highest BCUT2D eigenvalue weighted by Gasteiger charge is 2.28. The Labute approximate surface area is 149 Å². The van der Waals surface area contributed by atoms with Gasteiger partial charge in [-0.2, -0.15) is 0 Å². The molecule has 0 bridgehead atoms. The summed E-state index contributed by atoms with van der Waals surface area (Å²) in [7, 11) is 0. The Balaban J connectivity index is 1.72. The molecular weight excluding hydrogens is 314 g/mol. The zero-order valence-corrected chi connectivity index (χ0v) is 15.7. The molecule has 1 saturated heterocycles. The molecule has 0 radical (unpaired) electrons. The van der Waals surface area contributed by atoms with Crippen LogP contribution in [0.3, 0.4) is 0 Å². The number of carbonyl (C=O) groups is 1. The number of fused-ring (bicyclic) bond motifs is 1. The highest BCUT2D eigenvalue weighted by molar-refractivity contribution is 5.86. The molecule has 1 aromatic heterocycles. The number of amides is 1. The van der Waals surface area contributed by atoms with E-state index in [2.05, 4.69) is 36.0 Å². The maximum absolute atomic E-state index is 12.9. The van der Waals surface area contributed by atoms with Gasteiger partial charge in [-0.05, 0) is 50.8 Å². The first-order chi connectivity index (χ1) is 12.0.